The average Bonchev–Trinajstić information content (AvgIpc) is 3.28. The second kappa shape index (κ2) is 46.2. The van der Waals surface area contributed by atoms with Crippen molar-refractivity contribution in [2.24, 2.45) is 0 Å². The molecule has 63 heavy (non-hydrogen) atoms. The van der Waals surface area contributed by atoms with Crippen LogP contribution in [0.2, 0.25) is 0 Å². The van der Waals surface area contributed by atoms with Gasteiger partial charge >= 0.3 is 5.97 Å². The van der Waals surface area contributed by atoms with E-state index in [2.05, 4.69) is 27.7 Å². The number of carboxylic acids is 1. The van der Waals surface area contributed by atoms with Crippen molar-refractivity contribution in [2.75, 3.05) is 26.4 Å². The third-order valence-corrected chi connectivity index (χ3v) is 12.6. The van der Waals surface area contributed by atoms with Crippen LogP contribution in [-0.4, -0.2) is 37.5 Å². The van der Waals surface area contributed by atoms with Crippen molar-refractivity contribution in [3.63, 3.8) is 0 Å². The molecular weight excluding hydrogens is 781 g/mol. The summed E-state index contributed by atoms with van der Waals surface area (Å²) in [5.74, 6) is 1.43. The molecule has 0 amide bonds. The molecule has 0 fully saturated rings. The molecular formula is C57H104O6. The maximum atomic E-state index is 11.9. The fraction of sp³-hybridized carbons (Fsp3) is 0.842. The van der Waals surface area contributed by atoms with E-state index >= 15 is 0 Å². The Morgan fingerprint density at radius 1 is 0.365 bits per heavy atom. The van der Waals surface area contributed by atoms with Crippen LogP contribution >= 0.6 is 0 Å². The van der Waals surface area contributed by atoms with Crippen LogP contribution in [0.1, 0.15) is 290 Å². The van der Waals surface area contributed by atoms with Crippen molar-refractivity contribution < 1.29 is 28.8 Å². The Labute approximate surface area is 391 Å². The molecule has 0 heterocycles. The van der Waals surface area contributed by atoms with Crippen LogP contribution in [0.15, 0.2) is 12.1 Å². The summed E-state index contributed by atoms with van der Waals surface area (Å²) in [7, 11) is 0. The highest BCUT2D eigenvalue weighted by Crippen LogP contribution is 2.48. The Hall–Kier alpha value is -2.37. The van der Waals surface area contributed by atoms with Gasteiger partial charge in [0.15, 0.2) is 11.5 Å². The third-order valence-electron chi connectivity index (χ3n) is 12.6. The molecule has 0 bridgehead atoms. The molecule has 6 heteroatoms. The van der Waals surface area contributed by atoms with Gasteiger partial charge < -0.3 is 24.1 Å². The van der Waals surface area contributed by atoms with E-state index in [9.17, 15) is 9.90 Å². The lowest BCUT2D eigenvalue weighted by Gasteiger charge is -2.22. The Bertz CT molecular complexity index is 1160. The van der Waals surface area contributed by atoms with Gasteiger partial charge in [0.25, 0.3) is 0 Å². The van der Waals surface area contributed by atoms with Crippen LogP contribution in [0.25, 0.3) is 6.08 Å². The summed E-state index contributed by atoms with van der Waals surface area (Å²) in [4.78, 5) is 11.9. The predicted molar refractivity (Wildman–Crippen MR) is 272 cm³/mol. The summed E-state index contributed by atoms with van der Waals surface area (Å²) < 4.78 is 26.6. The van der Waals surface area contributed by atoms with E-state index < -0.39 is 5.97 Å². The fourth-order valence-electron chi connectivity index (χ4n) is 8.49. The minimum absolute atomic E-state index is 0.551. The zero-order valence-electron chi connectivity index (χ0n) is 42.3. The van der Waals surface area contributed by atoms with Crippen LogP contribution < -0.4 is 18.9 Å². The highest BCUT2D eigenvalue weighted by molar-refractivity contribution is 5.87. The molecule has 0 aliphatic rings. The van der Waals surface area contributed by atoms with Crippen LogP contribution in [0.4, 0.5) is 0 Å². The lowest BCUT2D eigenvalue weighted by Crippen LogP contribution is -2.10. The molecule has 0 aliphatic heterocycles. The van der Waals surface area contributed by atoms with E-state index in [-0.39, 0.29) is 0 Å². The number of hydrogen-bond donors (Lipinski definition) is 1. The lowest BCUT2D eigenvalue weighted by atomic mass is 10.1. The van der Waals surface area contributed by atoms with E-state index in [1.807, 2.05) is 6.07 Å². The minimum Gasteiger partial charge on any atom is -0.490 e. The topological polar surface area (TPSA) is 74.2 Å². The highest BCUT2D eigenvalue weighted by Gasteiger charge is 2.23. The number of carboxylic acid groups (broad SMARTS) is 1. The molecule has 0 atom stereocenters. The smallest absolute Gasteiger partial charge is 0.328 e. The maximum absolute atomic E-state index is 11.9. The Balaban J connectivity index is 3.15. The largest absolute Gasteiger partial charge is 0.490 e. The molecule has 1 N–H and O–H groups in total. The van der Waals surface area contributed by atoms with Crippen LogP contribution in [0.3, 0.4) is 0 Å². The third kappa shape index (κ3) is 35.6. The van der Waals surface area contributed by atoms with Gasteiger partial charge in [-0.1, -0.05) is 259 Å². The highest BCUT2D eigenvalue weighted by atomic mass is 16.6. The zero-order chi connectivity index (χ0) is 45.5. The first-order valence-electron chi connectivity index (χ1n) is 27.7. The minimum atomic E-state index is -0.988. The van der Waals surface area contributed by atoms with Gasteiger partial charge in [-0.05, 0) is 37.8 Å². The van der Waals surface area contributed by atoms with Crippen molar-refractivity contribution >= 4 is 12.0 Å². The zero-order valence-corrected chi connectivity index (χ0v) is 42.3. The molecule has 368 valence electrons. The maximum Gasteiger partial charge on any atom is 0.328 e. The normalized spacial score (nSPS) is 11.5. The van der Waals surface area contributed by atoms with Crippen LogP contribution in [0.5, 0.6) is 23.0 Å². The number of hydrogen-bond acceptors (Lipinski definition) is 5. The Morgan fingerprint density at radius 3 is 0.921 bits per heavy atom. The average molecular weight is 885 g/mol. The van der Waals surface area contributed by atoms with E-state index in [4.69, 9.17) is 18.9 Å². The molecule has 6 nitrogen and oxygen atoms in total. The SMILES string of the molecule is CCCCCCCCCCCCOc1cc(C=CC(=O)O)c(OCCCCCCCCCCCC)c(OCCCCCCCCCCCC)c1OCCCCCCCCCCCC. The predicted octanol–water partition coefficient (Wildman–Crippen LogP) is 19.0. The Kier molecular flexibility index (Phi) is 43.0. The first-order chi connectivity index (χ1) is 31.1. The lowest BCUT2D eigenvalue weighted by molar-refractivity contribution is -0.131. The summed E-state index contributed by atoms with van der Waals surface area (Å²) in [5.41, 5.74) is 0.673. The number of benzene rings is 1. The standard InChI is InChI=1S/C57H104O6/c1-5-9-13-17-21-25-29-33-37-41-47-60-53-51-52(45-46-54(58)59)55(61-48-42-38-34-30-26-22-18-14-10-6-2)57(63-50-44-40-36-32-28-24-20-16-12-8-4)56(53)62-49-43-39-35-31-27-23-19-15-11-7-3/h45-46,51H,5-44,47-50H2,1-4H3,(H,58,59). The van der Waals surface area contributed by atoms with Gasteiger partial charge in [0.05, 0.1) is 26.4 Å². The van der Waals surface area contributed by atoms with Gasteiger partial charge in [-0.15, -0.1) is 0 Å². The van der Waals surface area contributed by atoms with E-state index in [0.29, 0.717) is 55.0 Å². The number of aliphatic carboxylic acids is 1. The summed E-state index contributed by atoms with van der Waals surface area (Å²) in [6.07, 6.45) is 53.4. The molecule has 0 radical (unpaired) electrons. The van der Waals surface area contributed by atoms with E-state index in [0.717, 1.165) is 51.4 Å². The molecule has 0 aromatic heterocycles. The van der Waals surface area contributed by atoms with Crippen molar-refractivity contribution in [1.82, 2.24) is 0 Å². The summed E-state index contributed by atoms with van der Waals surface area (Å²) in [5, 5.41) is 9.72. The van der Waals surface area contributed by atoms with Gasteiger partial charge in [-0.3, -0.25) is 0 Å². The number of unbranched alkanes of at least 4 members (excludes halogenated alkanes) is 36. The van der Waals surface area contributed by atoms with Gasteiger partial charge in [0.1, 0.15) is 0 Å². The molecule has 0 unspecified atom stereocenters. The van der Waals surface area contributed by atoms with Crippen molar-refractivity contribution in [1.29, 1.82) is 0 Å². The number of carbonyl (C=O) groups is 1. The summed E-state index contributed by atoms with van der Waals surface area (Å²) in [6.45, 7) is 11.4. The first kappa shape index (κ1) is 58.6. The van der Waals surface area contributed by atoms with Gasteiger partial charge in [0, 0.05) is 11.6 Å². The monoisotopic (exact) mass is 885 g/mol. The quantitative estimate of drug-likeness (QED) is 0.0519. The first-order valence-corrected chi connectivity index (χ1v) is 27.7. The molecule has 1 rings (SSSR count). The van der Waals surface area contributed by atoms with Crippen molar-refractivity contribution in [3.8, 4) is 23.0 Å². The number of rotatable bonds is 50. The number of ether oxygens (including phenoxy) is 4. The fourth-order valence-corrected chi connectivity index (χ4v) is 8.49. The van der Waals surface area contributed by atoms with E-state index in [1.54, 1.807) is 6.08 Å². The molecule has 0 saturated carbocycles. The van der Waals surface area contributed by atoms with Crippen molar-refractivity contribution in [2.45, 2.75) is 285 Å². The summed E-state index contributed by atoms with van der Waals surface area (Å²) in [6, 6.07) is 1.94. The molecule has 0 aliphatic carbocycles. The molecule has 1 aromatic rings. The second-order valence-corrected chi connectivity index (χ2v) is 18.7. The van der Waals surface area contributed by atoms with E-state index in [1.165, 1.54) is 212 Å². The second-order valence-electron chi connectivity index (χ2n) is 18.7. The summed E-state index contributed by atoms with van der Waals surface area (Å²) >= 11 is 0. The van der Waals surface area contributed by atoms with Crippen LogP contribution in [0, 0.1) is 0 Å². The van der Waals surface area contributed by atoms with Gasteiger partial charge in [0.2, 0.25) is 11.5 Å². The van der Waals surface area contributed by atoms with Gasteiger partial charge in [-0.25, -0.2) is 4.79 Å². The Morgan fingerprint density at radius 2 is 0.619 bits per heavy atom. The molecule has 0 spiro atoms. The van der Waals surface area contributed by atoms with Crippen LogP contribution in [-0.2, 0) is 4.79 Å². The molecule has 0 saturated heterocycles. The van der Waals surface area contributed by atoms with Crippen molar-refractivity contribution in [3.05, 3.63) is 17.7 Å². The van der Waals surface area contributed by atoms with Gasteiger partial charge in [-0.2, -0.15) is 0 Å². The molecule has 1 aromatic carbocycles.